The van der Waals surface area contributed by atoms with Crippen molar-refractivity contribution in [2.75, 3.05) is 19.8 Å². The lowest BCUT2D eigenvalue weighted by molar-refractivity contribution is 0.340. The quantitative estimate of drug-likeness (QED) is 0.211. The van der Waals surface area contributed by atoms with E-state index in [0.29, 0.717) is 19.8 Å². The Hall–Kier alpha value is -4.66. The zero-order valence-electron chi connectivity index (χ0n) is 21.3. The van der Waals surface area contributed by atoms with Gasteiger partial charge in [-0.1, -0.05) is 0 Å². The normalized spacial score (nSPS) is 11.1. The number of benzene rings is 3. The third-order valence-corrected chi connectivity index (χ3v) is 4.71. The number of hydrazone groups is 2. The standard InChI is InChI=1S/C28H32N6O3/c1-4-35-25-13-7-22(8-14-25)19-29-32-28(33-30-20-23-9-15-26(16-10-23)36-5-2)34-31-21-24-11-17-27(18-12-24)37-6-3/h7-21H,4-6H2,1-3H3,(H2,32,33,34)/b29-19-,30-20-,31-21-. The molecule has 0 saturated heterocycles. The molecule has 3 rings (SSSR count). The van der Waals surface area contributed by atoms with Crippen molar-refractivity contribution in [1.82, 2.24) is 10.9 Å². The number of ether oxygens (including phenoxy) is 3. The lowest BCUT2D eigenvalue weighted by atomic mass is 10.2. The van der Waals surface area contributed by atoms with Crippen molar-refractivity contribution in [2.24, 2.45) is 20.4 Å². The molecule has 37 heavy (non-hydrogen) atoms. The monoisotopic (exact) mass is 500 g/mol. The highest BCUT2D eigenvalue weighted by molar-refractivity contribution is 5.86. The van der Waals surface area contributed by atoms with Crippen molar-refractivity contribution in [3.05, 3.63) is 89.5 Å². The van der Waals surface area contributed by atoms with Crippen LogP contribution < -0.4 is 25.1 Å². The molecule has 0 bridgehead atoms. The van der Waals surface area contributed by atoms with Crippen LogP contribution in [0.4, 0.5) is 0 Å². The maximum atomic E-state index is 5.47. The van der Waals surface area contributed by atoms with Gasteiger partial charge in [0.15, 0.2) is 0 Å². The minimum absolute atomic E-state index is 0.242. The van der Waals surface area contributed by atoms with Crippen LogP contribution in [0.15, 0.2) is 93.2 Å². The first kappa shape index (κ1) is 26.9. The summed E-state index contributed by atoms with van der Waals surface area (Å²) in [5.74, 6) is 2.67. The van der Waals surface area contributed by atoms with E-state index in [4.69, 9.17) is 14.2 Å². The van der Waals surface area contributed by atoms with Gasteiger partial charge in [0.2, 0.25) is 0 Å². The smallest absolute Gasteiger partial charge is 0.257 e. The maximum absolute atomic E-state index is 5.47. The molecule has 9 heteroatoms. The molecule has 192 valence electrons. The van der Waals surface area contributed by atoms with Crippen LogP contribution in [0.2, 0.25) is 0 Å². The maximum Gasteiger partial charge on any atom is 0.257 e. The van der Waals surface area contributed by atoms with E-state index in [1.807, 2.05) is 93.6 Å². The number of nitrogens with zero attached hydrogens (tertiary/aromatic N) is 4. The van der Waals surface area contributed by atoms with E-state index < -0.39 is 0 Å². The summed E-state index contributed by atoms with van der Waals surface area (Å²) in [6.07, 6.45) is 4.96. The minimum atomic E-state index is 0.242. The second-order valence-corrected chi connectivity index (χ2v) is 7.44. The molecule has 0 spiro atoms. The summed E-state index contributed by atoms with van der Waals surface area (Å²) in [6.45, 7) is 7.70. The van der Waals surface area contributed by atoms with Gasteiger partial charge in [0, 0.05) is 0 Å². The first-order valence-corrected chi connectivity index (χ1v) is 12.1. The van der Waals surface area contributed by atoms with E-state index in [-0.39, 0.29) is 5.96 Å². The van der Waals surface area contributed by atoms with Gasteiger partial charge in [-0.05, 0) is 110 Å². The summed E-state index contributed by atoms with van der Waals surface area (Å²) in [7, 11) is 0. The Labute approximate surface area is 217 Å². The third kappa shape index (κ3) is 9.85. The average Bonchev–Trinajstić information content (AvgIpc) is 2.92. The van der Waals surface area contributed by atoms with E-state index in [2.05, 4.69) is 31.3 Å². The van der Waals surface area contributed by atoms with Gasteiger partial charge in [0.25, 0.3) is 5.96 Å². The predicted octanol–water partition coefficient (Wildman–Crippen LogP) is 4.82. The average molecular weight is 501 g/mol. The second-order valence-electron chi connectivity index (χ2n) is 7.44. The zero-order chi connectivity index (χ0) is 26.1. The van der Waals surface area contributed by atoms with Crippen LogP contribution in [0, 0.1) is 0 Å². The fourth-order valence-corrected chi connectivity index (χ4v) is 3.01. The van der Waals surface area contributed by atoms with E-state index in [0.717, 1.165) is 33.9 Å². The van der Waals surface area contributed by atoms with E-state index in [1.165, 1.54) is 0 Å². The summed E-state index contributed by atoms with van der Waals surface area (Å²) in [5.41, 5.74) is 8.35. The molecule has 0 aliphatic rings. The molecule has 0 radical (unpaired) electrons. The molecule has 2 N–H and O–H groups in total. The molecule has 0 saturated carbocycles. The summed E-state index contributed by atoms with van der Waals surface area (Å²) >= 11 is 0. The van der Waals surface area contributed by atoms with Gasteiger partial charge in [-0.2, -0.15) is 15.3 Å². The summed E-state index contributed by atoms with van der Waals surface area (Å²) in [5, 5.41) is 16.8. The summed E-state index contributed by atoms with van der Waals surface area (Å²) in [6, 6.07) is 22.8. The molecule has 0 aliphatic carbocycles. The van der Waals surface area contributed by atoms with Crippen LogP contribution in [0.25, 0.3) is 0 Å². The lowest BCUT2D eigenvalue weighted by Gasteiger charge is -2.04. The number of rotatable bonds is 12. The topological polar surface area (TPSA) is 101 Å². The highest BCUT2D eigenvalue weighted by Gasteiger charge is 1.97. The van der Waals surface area contributed by atoms with Crippen molar-refractivity contribution in [1.29, 1.82) is 0 Å². The van der Waals surface area contributed by atoms with E-state index in [1.54, 1.807) is 18.6 Å². The highest BCUT2D eigenvalue weighted by Crippen LogP contribution is 2.12. The van der Waals surface area contributed by atoms with Gasteiger partial charge in [-0.25, -0.2) is 10.9 Å². The Morgan fingerprint density at radius 3 is 1.27 bits per heavy atom. The van der Waals surface area contributed by atoms with Crippen molar-refractivity contribution in [3.8, 4) is 17.2 Å². The molecule has 0 amide bonds. The molecular formula is C28H32N6O3. The Morgan fingerprint density at radius 2 is 0.919 bits per heavy atom. The molecule has 0 heterocycles. The molecule has 0 atom stereocenters. The molecule has 3 aromatic carbocycles. The van der Waals surface area contributed by atoms with Crippen LogP contribution in [-0.2, 0) is 0 Å². The molecule has 3 aromatic rings. The first-order valence-electron chi connectivity index (χ1n) is 12.1. The Morgan fingerprint density at radius 1 is 0.568 bits per heavy atom. The molecule has 9 nitrogen and oxygen atoms in total. The first-order chi connectivity index (χ1) is 18.2. The molecule has 0 aromatic heterocycles. The Kier molecular flexibility index (Phi) is 11.2. The fraction of sp³-hybridized carbons (Fsp3) is 0.214. The van der Waals surface area contributed by atoms with Crippen LogP contribution >= 0.6 is 0 Å². The van der Waals surface area contributed by atoms with Crippen molar-refractivity contribution < 1.29 is 14.2 Å². The number of guanidine groups is 1. The van der Waals surface area contributed by atoms with Crippen LogP contribution in [0.1, 0.15) is 37.5 Å². The van der Waals surface area contributed by atoms with Gasteiger partial charge < -0.3 is 14.2 Å². The molecule has 0 fully saturated rings. The minimum Gasteiger partial charge on any atom is -0.494 e. The predicted molar refractivity (Wildman–Crippen MR) is 149 cm³/mol. The van der Waals surface area contributed by atoms with Crippen LogP contribution in [0.3, 0.4) is 0 Å². The number of nitrogens with one attached hydrogen (secondary N) is 2. The molecule has 0 unspecified atom stereocenters. The van der Waals surface area contributed by atoms with Gasteiger partial charge in [0.05, 0.1) is 38.5 Å². The molecule has 0 aliphatic heterocycles. The number of hydrogen-bond acceptors (Lipinski definition) is 7. The summed E-state index contributed by atoms with van der Waals surface area (Å²) in [4.78, 5) is 0. The molecular weight excluding hydrogens is 468 g/mol. The van der Waals surface area contributed by atoms with E-state index >= 15 is 0 Å². The van der Waals surface area contributed by atoms with Gasteiger partial charge in [-0.15, -0.1) is 5.10 Å². The Balaban J connectivity index is 1.67. The summed E-state index contributed by atoms with van der Waals surface area (Å²) < 4.78 is 16.4. The lowest BCUT2D eigenvalue weighted by Crippen LogP contribution is -2.30. The van der Waals surface area contributed by atoms with Crippen LogP contribution in [-0.4, -0.2) is 44.4 Å². The van der Waals surface area contributed by atoms with Gasteiger partial charge in [-0.3, -0.25) is 0 Å². The van der Waals surface area contributed by atoms with E-state index in [9.17, 15) is 0 Å². The van der Waals surface area contributed by atoms with Gasteiger partial charge >= 0.3 is 0 Å². The number of hydrogen-bond donors (Lipinski definition) is 2. The van der Waals surface area contributed by atoms with Crippen molar-refractivity contribution in [3.63, 3.8) is 0 Å². The highest BCUT2D eigenvalue weighted by atomic mass is 16.5. The SMILES string of the molecule is CCOc1ccc(/C=N\N=C(N/N=C\c2ccc(OCC)cc2)N/N=C\c2ccc(OCC)cc2)cc1. The van der Waals surface area contributed by atoms with Crippen molar-refractivity contribution >= 4 is 24.6 Å². The third-order valence-electron chi connectivity index (χ3n) is 4.71. The Bertz CT molecular complexity index is 1120. The zero-order valence-corrected chi connectivity index (χ0v) is 21.3. The fourth-order valence-electron chi connectivity index (χ4n) is 3.01. The largest absolute Gasteiger partial charge is 0.494 e. The van der Waals surface area contributed by atoms with Crippen LogP contribution in [0.5, 0.6) is 17.2 Å². The second kappa shape index (κ2) is 15.4. The van der Waals surface area contributed by atoms with Gasteiger partial charge in [0.1, 0.15) is 17.2 Å². The van der Waals surface area contributed by atoms with Crippen molar-refractivity contribution in [2.45, 2.75) is 20.8 Å².